The van der Waals surface area contributed by atoms with Crippen molar-refractivity contribution >= 4 is 17.3 Å². The number of carbonyl (C=O) groups is 2. The molecule has 0 N–H and O–H groups in total. The summed E-state index contributed by atoms with van der Waals surface area (Å²) < 4.78 is 13.6. The Morgan fingerprint density at radius 3 is 1.91 bits per heavy atom. The number of nitrogens with zero attached hydrogens (tertiary/aromatic N) is 1. The summed E-state index contributed by atoms with van der Waals surface area (Å²) in [5.74, 6) is -0.849. The van der Waals surface area contributed by atoms with Crippen LogP contribution in [0.25, 0.3) is 0 Å². The molecule has 1 fully saturated rings. The zero-order chi connectivity index (χ0) is 22.8. The lowest BCUT2D eigenvalue weighted by molar-refractivity contribution is 0.0988. The average molecular weight is 438 g/mol. The van der Waals surface area contributed by atoms with Crippen molar-refractivity contribution in [1.29, 1.82) is 0 Å². The first-order valence-electron chi connectivity index (χ1n) is 11.4. The Labute approximate surface area is 192 Å². The minimum absolute atomic E-state index is 0.203. The Morgan fingerprint density at radius 1 is 0.697 bits per heavy atom. The summed E-state index contributed by atoms with van der Waals surface area (Å²) in [5.41, 5.74) is 2.41. The van der Waals surface area contributed by atoms with Gasteiger partial charge in [0.25, 0.3) is 0 Å². The van der Waals surface area contributed by atoms with Crippen LogP contribution in [0.2, 0.25) is 0 Å². The number of Topliss-reactive ketones (excluding diaryl/α,β-unsaturated/α-hetero) is 2. The van der Waals surface area contributed by atoms with Gasteiger partial charge in [-0.3, -0.25) is 14.6 Å². The molecule has 164 valence electrons. The quantitative estimate of drug-likeness (QED) is 0.434. The highest BCUT2D eigenvalue weighted by molar-refractivity contribution is 6.38. The molecule has 4 heteroatoms. The molecule has 1 spiro atoms. The molecule has 0 amide bonds. The van der Waals surface area contributed by atoms with E-state index >= 15 is 0 Å². The molecule has 1 saturated carbocycles. The van der Waals surface area contributed by atoms with Crippen molar-refractivity contribution in [3.8, 4) is 0 Å². The second-order valence-corrected chi connectivity index (χ2v) is 8.70. The lowest BCUT2D eigenvalue weighted by Crippen LogP contribution is -2.34. The SMILES string of the molecule is O=C(C1=C(C(=O)c2ccc(F)cc2)C2(CCCCC2)N=C1c1ccccc1)c1ccccc1. The van der Waals surface area contributed by atoms with Gasteiger partial charge in [-0.25, -0.2) is 4.39 Å². The molecule has 0 bridgehead atoms. The van der Waals surface area contributed by atoms with Crippen LogP contribution in [0.15, 0.2) is 101 Å². The Balaban J connectivity index is 1.76. The summed E-state index contributed by atoms with van der Waals surface area (Å²) in [5, 5.41) is 0. The Hall–Kier alpha value is -3.66. The Bertz CT molecular complexity index is 1250. The summed E-state index contributed by atoms with van der Waals surface area (Å²) in [4.78, 5) is 33.0. The first kappa shape index (κ1) is 21.2. The van der Waals surface area contributed by atoms with E-state index in [4.69, 9.17) is 4.99 Å². The summed E-state index contributed by atoms with van der Waals surface area (Å²) in [7, 11) is 0. The molecule has 0 unspecified atom stereocenters. The van der Waals surface area contributed by atoms with Gasteiger partial charge in [0.05, 0.1) is 16.8 Å². The van der Waals surface area contributed by atoms with Gasteiger partial charge in [0.15, 0.2) is 11.6 Å². The summed E-state index contributed by atoms with van der Waals surface area (Å²) in [6, 6.07) is 24.2. The normalized spacial score (nSPS) is 17.2. The molecule has 2 aliphatic rings. The third kappa shape index (κ3) is 3.86. The smallest absolute Gasteiger partial charge is 0.195 e. The number of hydrogen-bond donors (Lipinski definition) is 0. The van der Waals surface area contributed by atoms with E-state index in [0.29, 0.717) is 28.0 Å². The molecular formula is C29H24FNO2. The summed E-state index contributed by atoms with van der Waals surface area (Å²) in [6.07, 6.45) is 4.41. The monoisotopic (exact) mass is 437 g/mol. The predicted molar refractivity (Wildman–Crippen MR) is 127 cm³/mol. The Morgan fingerprint density at radius 2 is 1.27 bits per heavy atom. The van der Waals surface area contributed by atoms with E-state index in [1.165, 1.54) is 24.3 Å². The fourth-order valence-electron chi connectivity index (χ4n) is 5.01. The highest BCUT2D eigenvalue weighted by Gasteiger charge is 2.48. The molecule has 0 radical (unpaired) electrons. The van der Waals surface area contributed by atoms with Crippen LogP contribution in [0, 0.1) is 5.82 Å². The standard InChI is InChI=1S/C29H24FNO2/c30-23-16-14-22(15-17-23)28(33)25-24(27(32)21-12-6-2-7-13-21)26(20-10-4-1-5-11-20)31-29(25)18-8-3-9-19-29/h1-2,4-7,10-17H,3,8-9,18-19H2. The van der Waals surface area contributed by atoms with Crippen LogP contribution in [-0.2, 0) is 0 Å². The topological polar surface area (TPSA) is 46.5 Å². The molecule has 1 heterocycles. The van der Waals surface area contributed by atoms with Gasteiger partial charge in [0.2, 0.25) is 0 Å². The van der Waals surface area contributed by atoms with Crippen molar-refractivity contribution in [1.82, 2.24) is 0 Å². The minimum Gasteiger partial charge on any atom is -0.289 e. The largest absolute Gasteiger partial charge is 0.289 e. The highest BCUT2D eigenvalue weighted by Crippen LogP contribution is 2.46. The molecule has 0 saturated heterocycles. The number of benzene rings is 3. The average Bonchev–Trinajstić information content (AvgIpc) is 3.19. The van der Waals surface area contributed by atoms with E-state index < -0.39 is 11.4 Å². The van der Waals surface area contributed by atoms with E-state index in [9.17, 15) is 14.0 Å². The zero-order valence-corrected chi connectivity index (χ0v) is 18.3. The molecule has 3 aromatic carbocycles. The van der Waals surface area contributed by atoms with E-state index in [0.717, 1.165) is 37.7 Å². The first-order valence-corrected chi connectivity index (χ1v) is 11.4. The lowest BCUT2D eigenvalue weighted by Gasteiger charge is -2.33. The molecule has 3 aromatic rings. The van der Waals surface area contributed by atoms with Crippen LogP contribution >= 0.6 is 0 Å². The highest BCUT2D eigenvalue weighted by atomic mass is 19.1. The fraction of sp³-hybridized carbons (Fsp3) is 0.207. The molecule has 3 nitrogen and oxygen atoms in total. The predicted octanol–water partition coefficient (Wildman–Crippen LogP) is 6.39. The van der Waals surface area contributed by atoms with Gasteiger partial charge < -0.3 is 0 Å². The number of rotatable bonds is 5. The molecule has 5 rings (SSSR count). The molecule has 0 atom stereocenters. The van der Waals surface area contributed by atoms with Crippen LogP contribution in [0.3, 0.4) is 0 Å². The van der Waals surface area contributed by atoms with E-state index in [1.807, 2.05) is 48.5 Å². The minimum atomic E-state index is -0.728. The van der Waals surface area contributed by atoms with Crippen molar-refractivity contribution in [2.45, 2.75) is 37.6 Å². The number of hydrogen-bond acceptors (Lipinski definition) is 3. The maximum atomic E-state index is 13.9. The van der Waals surface area contributed by atoms with Crippen molar-refractivity contribution in [2.24, 2.45) is 4.99 Å². The van der Waals surface area contributed by atoms with E-state index in [-0.39, 0.29) is 11.6 Å². The second-order valence-electron chi connectivity index (χ2n) is 8.70. The second kappa shape index (κ2) is 8.70. The van der Waals surface area contributed by atoms with E-state index in [2.05, 4.69) is 0 Å². The maximum absolute atomic E-state index is 13.9. The first-order chi connectivity index (χ1) is 16.1. The molecular weight excluding hydrogens is 413 g/mol. The van der Waals surface area contributed by atoms with Gasteiger partial charge in [0, 0.05) is 22.3 Å². The van der Waals surface area contributed by atoms with Crippen molar-refractivity contribution in [2.75, 3.05) is 0 Å². The van der Waals surface area contributed by atoms with Crippen LogP contribution in [0.5, 0.6) is 0 Å². The van der Waals surface area contributed by atoms with Gasteiger partial charge in [-0.15, -0.1) is 0 Å². The maximum Gasteiger partial charge on any atom is 0.195 e. The van der Waals surface area contributed by atoms with Crippen LogP contribution in [-0.4, -0.2) is 22.8 Å². The van der Waals surface area contributed by atoms with Gasteiger partial charge in [-0.05, 0) is 37.1 Å². The van der Waals surface area contributed by atoms with Crippen molar-refractivity contribution in [3.05, 3.63) is 119 Å². The van der Waals surface area contributed by atoms with Gasteiger partial charge >= 0.3 is 0 Å². The number of allylic oxidation sites excluding steroid dienone is 1. The third-order valence-electron chi connectivity index (χ3n) is 6.60. The molecule has 0 aromatic heterocycles. The number of ketones is 2. The van der Waals surface area contributed by atoms with E-state index in [1.54, 1.807) is 12.1 Å². The molecule has 1 aliphatic carbocycles. The van der Waals surface area contributed by atoms with Crippen molar-refractivity contribution in [3.63, 3.8) is 0 Å². The number of halogens is 1. The van der Waals surface area contributed by atoms with Crippen LogP contribution in [0.1, 0.15) is 58.4 Å². The number of aliphatic imine (C=N–C) groups is 1. The van der Waals surface area contributed by atoms with Gasteiger partial charge in [0.1, 0.15) is 5.82 Å². The van der Waals surface area contributed by atoms with Crippen LogP contribution < -0.4 is 0 Å². The van der Waals surface area contributed by atoms with Gasteiger partial charge in [-0.1, -0.05) is 79.9 Å². The molecule has 33 heavy (non-hydrogen) atoms. The van der Waals surface area contributed by atoms with Crippen molar-refractivity contribution < 1.29 is 14.0 Å². The lowest BCUT2D eigenvalue weighted by atomic mass is 9.73. The van der Waals surface area contributed by atoms with Gasteiger partial charge in [-0.2, -0.15) is 0 Å². The zero-order valence-electron chi connectivity index (χ0n) is 18.3. The van der Waals surface area contributed by atoms with Crippen LogP contribution in [0.4, 0.5) is 4.39 Å². The third-order valence-corrected chi connectivity index (χ3v) is 6.60. The fourth-order valence-corrected chi connectivity index (χ4v) is 5.01. The molecule has 1 aliphatic heterocycles. The summed E-state index contributed by atoms with van der Waals surface area (Å²) in [6.45, 7) is 0. The summed E-state index contributed by atoms with van der Waals surface area (Å²) >= 11 is 0. The Kier molecular flexibility index (Phi) is 5.59. The number of carbonyl (C=O) groups excluding carboxylic acids is 2.